The first-order valence-corrected chi connectivity index (χ1v) is 5.29. The lowest BCUT2D eigenvalue weighted by atomic mass is 10.1. The Morgan fingerprint density at radius 3 is 2.47 bits per heavy atom. The molecule has 90 valence electrons. The maximum absolute atomic E-state index is 10.9. The van der Waals surface area contributed by atoms with E-state index < -0.39 is 0 Å². The van der Waals surface area contributed by atoms with Crippen LogP contribution in [0, 0.1) is 0 Å². The van der Waals surface area contributed by atoms with E-state index >= 15 is 0 Å². The number of hydrogen-bond acceptors (Lipinski definition) is 4. The number of likely N-dealkylation sites (N-methyl/N-ethyl adjacent to an activating group) is 1. The average molecular weight is 217 g/mol. The smallest absolute Gasteiger partial charge is 0.219 e. The standard InChI is InChI=1S/C10H23N3O2/c1-4-13(8(2)7-15-3)9(6-11)5-10(12)14/h8-9H,4-7,11H2,1-3H3,(H2,12,14). The van der Waals surface area contributed by atoms with Gasteiger partial charge in [-0.25, -0.2) is 0 Å². The molecule has 0 aromatic rings. The predicted molar refractivity (Wildman–Crippen MR) is 60.4 cm³/mol. The van der Waals surface area contributed by atoms with E-state index in [1.165, 1.54) is 0 Å². The molecule has 0 aliphatic rings. The molecule has 0 fully saturated rings. The van der Waals surface area contributed by atoms with Gasteiger partial charge in [0.2, 0.25) is 5.91 Å². The Hall–Kier alpha value is -0.650. The van der Waals surface area contributed by atoms with E-state index in [9.17, 15) is 4.79 Å². The number of nitrogens with zero attached hydrogens (tertiary/aromatic N) is 1. The summed E-state index contributed by atoms with van der Waals surface area (Å²) < 4.78 is 5.09. The van der Waals surface area contributed by atoms with Gasteiger partial charge in [0.25, 0.3) is 0 Å². The van der Waals surface area contributed by atoms with Crippen molar-refractivity contribution in [3.8, 4) is 0 Å². The zero-order valence-corrected chi connectivity index (χ0v) is 9.90. The van der Waals surface area contributed by atoms with Crippen LogP contribution in [0.1, 0.15) is 20.3 Å². The van der Waals surface area contributed by atoms with Crippen molar-refractivity contribution in [2.45, 2.75) is 32.4 Å². The maximum atomic E-state index is 10.9. The van der Waals surface area contributed by atoms with Gasteiger partial charge in [-0.1, -0.05) is 6.92 Å². The summed E-state index contributed by atoms with van der Waals surface area (Å²) in [6, 6.07) is 0.255. The van der Waals surface area contributed by atoms with E-state index in [0.717, 1.165) is 6.54 Å². The largest absolute Gasteiger partial charge is 0.383 e. The summed E-state index contributed by atoms with van der Waals surface area (Å²) in [6.45, 7) is 5.99. The molecule has 5 nitrogen and oxygen atoms in total. The van der Waals surface area contributed by atoms with Crippen LogP contribution in [0.3, 0.4) is 0 Å². The second-order valence-corrected chi connectivity index (χ2v) is 3.69. The van der Waals surface area contributed by atoms with E-state index in [1.54, 1.807) is 7.11 Å². The minimum atomic E-state index is -0.312. The third-order valence-electron chi connectivity index (χ3n) is 2.52. The molecule has 0 aromatic heterocycles. The summed E-state index contributed by atoms with van der Waals surface area (Å²) in [5, 5.41) is 0. The highest BCUT2D eigenvalue weighted by atomic mass is 16.5. The highest BCUT2D eigenvalue weighted by Gasteiger charge is 2.22. The molecule has 0 aliphatic heterocycles. The van der Waals surface area contributed by atoms with Gasteiger partial charge < -0.3 is 16.2 Å². The fourth-order valence-corrected chi connectivity index (χ4v) is 1.83. The van der Waals surface area contributed by atoms with Gasteiger partial charge in [-0.05, 0) is 13.5 Å². The first-order chi connectivity index (χ1) is 7.06. The highest BCUT2D eigenvalue weighted by molar-refractivity contribution is 5.74. The normalized spacial score (nSPS) is 15.3. The maximum Gasteiger partial charge on any atom is 0.219 e. The van der Waals surface area contributed by atoms with Crippen LogP contribution in [0.4, 0.5) is 0 Å². The van der Waals surface area contributed by atoms with Crippen molar-refractivity contribution in [2.75, 3.05) is 26.8 Å². The number of rotatable bonds is 8. The van der Waals surface area contributed by atoms with Gasteiger partial charge in [0, 0.05) is 32.2 Å². The number of hydrogen-bond donors (Lipinski definition) is 2. The second-order valence-electron chi connectivity index (χ2n) is 3.69. The molecular weight excluding hydrogens is 194 g/mol. The number of methoxy groups -OCH3 is 1. The molecule has 0 heterocycles. The van der Waals surface area contributed by atoms with Crippen molar-refractivity contribution < 1.29 is 9.53 Å². The quantitative estimate of drug-likeness (QED) is 0.577. The molecule has 2 atom stereocenters. The third-order valence-corrected chi connectivity index (χ3v) is 2.52. The number of nitrogens with two attached hydrogens (primary N) is 2. The van der Waals surface area contributed by atoms with Crippen LogP contribution in [-0.2, 0) is 9.53 Å². The number of amides is 1. The van der Waals surface area contributed by atoms with E-state index in [2.05, 4.69) is 11.8 Å². The molecule has 2 unspecified atom stereocenters. The van der Waals surface area contributed by atoms with Gasteiger partial charge in [0.15, 0.2) is 0 Å². The molecule has 0 spiro atoms. The number of carbonyl (C=O) groups excluding carboxylic acids is 1. The van der Waals surface area contributed by atoms with E-state index in [4.69, 9.17) is 16.2 Å². The first-order valence-electron chi connectivity index (χ1n) is 5.29. The lowest BCUT2D eigenvalue weighted by Crippen LogP contribution is -2.48. The summed E-state index contributed by atoms with van der Waals surface area (Å²) >= 11 is 0. The minimum absolute atomic E-state index is 0.0117. The zero-order valence-electron chi connectivity index (χ0n) is 9.90. The Morgan fingerprint density at radius 2 is 2.13 bits per heavy atom. The van der Waals surface area contributed by atoms with E-state index in [-0.39, 0.29) is 18.0 Å². The van der Waals surface area contributed by atoms with Gasteiger partial charge in [-0.2, -0.15) is 0 Å². The first kappa shape index (κ1) is 14.3. The average Bonchev–Trinajstić information content (AvgIpc) is 2.17. The molecule has 0 bridgehead atoms. The van der Waals surface area contributed by atoms with E-state index in [1.807, 2.05) is 6.92 Å². The van der Waals surface area contributed by atoms with Crippen LogP contribution in [0.2, 0.25) is 0 Å². The van der Waals surface area contributed by atoms with Crippen LogP contribution in [-0.4, -0.2) is 49.7 Å². The molecule has 4 N–H and O–H groups in total. The summed E-state index contributed by atoms with van der Waals surface area (Å²) in [7, 11) is 1.66. The summed E-state index contributed by atoms with van der Waals surface area (Å²) in [6.07, 6.45) is 0.304. The Labute approximate surface area is 91.7 Å². The number of ether oxygens (including phenoxy) is 1. The topological polar surface area (TPSA) is 81.6 Å². The summed E-state index contributed by atoms with van der Waals surface area (Å²) in [5.74, 6) is -0.312. The van der Waals surface area contributed by atoms with Gasteiger partial charge in [0.05, 0.1) is 6.61 Å². The van der Waals surface area contributed by atoms with Crippen molar-refractivity contribution in [1.82, 2.24) is 4.90 Å². The second kappa shape index (κ2) is 7.62. The van der Waals surface area contributed by atoms with Gasteiger partial charge >= 0.3 is 0 Å². The Kier molecular flexibility index (Phi) is 7.29. The van der Waals surface area contributed by atoms with Gasteiger partial charge in [0.1, 0.15) is 0 Å². The third kappa shape index (κ3) is 5.11. The number of primary amides is 1. The molecule has 0 aromatic carbocycles. The molecule has 0 saturated carbocycles. The van der Waals surface area contributed by atoms with Crippen molar-refractivity contribution in [2.24, 2.45) is 11.5 Å². The number of carbonyl (C=O) groups is 1. The minimum Gasteiger partial charge on any atom is -0.383 e. The molecule has 15 heavy (non-hydrogen) atoms. The van der Waals surface area contributed by atoms with Crippen molar-refractivity contribution in [3.63, 3.8) is 0 Å². The molecule has 0 rings (SSSR count). The van der Waals surface area contributed by atoms with Crippen LogP contribution in [0.15, 0.2) is 0 Å². The Balaban J connectivity index is 4.37. The van der Waals surface area contributed by atoms with Crippen LogP contribution < -0.4 is 11.5 Å². The Morgan fingerprint density at radius 1 is 1.53 bits per heavy atom. The van der Waals surface area contributed by atoms with Crippen LogP contribution in [0.25, 0.3) is 0 Å². The lowest BCUT2D eigenvalue weighted by Gasteiger charge is -2.34. The van der Waals surface area contributed by atoms with Crippen molar-refractivity contribution >= 4 is 5.91 Å². The Bertz CT molecular complexity index is 188. The highest BCUT2D eigenvalue weighted by Crippen LogP contribution is 2.08. The summed E-state index contributed by atoms with van der Waals surface area (Å²) in [5.41, 5.74) is 10.8. The van der Waals surface area contributed by atoms with Gasteiger partial charge in [-0.3, -0.25) is 9.69 Å². The molecule has 0 saturated heterocycles. The molecular formula is C10H23N3O2. The predicted octanol–water partition coefficient (Wildman–Crippen LogP) is -0.454. The van der Waals surface area contributed by atoms with Crippen LogP contribution >= 0.6 is 0 Å². The van der Waals surface area contributed by atoms with Crippen molar-refractivity contribution in [3.05, 3.63) is 0 Å². The van der Waals surface area contributed by atoms with E-state index in [0.29, 0.717) is 19.6 Å². The monoisotopic (exact) mass is 217 g/mol. The summed E-state index contributed by atoms with van der Waals surface area (Å²) in [4.78, 5) is 13.0. The van der Waals surface area contributed by atoms with Crippen LogP contribution in [0.5, 0.6) is 0 Å². The molecule has 0 aliphatic carbocycles. The molecule has 5 heteroatoms. The zero-order chi connectivity index (χ0) is 11.8. The van der Waals surface area contributed by atoms with Crippen molar-refractivity contribution in [1.29, 1.82) is 0 Å². The fraction of sp³-hybridized carbons (Fsp3) is 0.900. The lowest BCUT2D eigenvalue weighted by molar-refractivity contribution is -0.119. The van der Waals surface area contributed by atoms with Gasteiger partial charge in [-0.15, -0.1) is 0 Å². The fourth-order valence-electron chi connectivity index (χ4n) is 1.83. The SMILES string of the molecule is CCN(C(C)COC)C(CN)CC(N)=O. The molecule has 1 amide bonds. The molecule has 0 radical (unpaired) electrons.